The minimum atomic E-state index is 0.0839. The van der Waals surface area contributed by atoms with E-state index in [0.717, 1.165) is 36.1 Å². The van der Waals surface area contributed by atoms with E-state index in [-0.39, 0.29) is 11.8 Å². The monoisotopic (exact) mass is 313 g/mol. The maximum atomic E-state index is 11.8. The topological polar surface area (TPSA) is 45.2 Å². The van der Waals surface area contributed by atoms with Crippen molar-refractivity contribution in [2.75, 3.05) is 36.5 Å². The molecule has 1 fully saturated rings. The van der Waals surface area contributed by atoms with Crippen LogP contribution in [0.4, 0.5) is 5.13 Å². The Bertz CT molecular complexity index is 430. The lowest BCUT2D eigenvalue weighted by molar-refractivity contribution is -0.123. The van der Waals surface area contributed by atoms with Crippen molar-refractivity contribution in [2.24, 2.45) is 5.92 Å². The molecular weight excluding hydrogens is 290 g/mol. The van der Waals surface area contributed by atoms with Gasteiger partial charge in [0.2, 0.25) is 5.91 Å². The second-order valence-corrected chi connectivity index (χ2v) is 6.96. The Kier molecular flexibility index (Phi) is 6.16. The van der Waals surface area contributed by atoms with Crippen LogP contribution in [0.15, 0.2) is 5.38 Å². The first kappa shape index (κ1) is 15.6. The average molecular weight is 313 g/mol. The molecule has 112 valence electrons. The number of carbonyl (C=O) groups is 1. The molecule has 1 aliphatic rings. The van der Waals surface area contributed by atoms with E-state index in [1.807, 2.05) is 13.2 Å². The minimum absolute atomic E-state index is 0.0839. The zero-order valence-electron chi connectivity index (χ0n) is 12.2. The highest BCUT2D eigenvalue weighted by atomic mass is 32.2. The molecule has 1 atom stereocenters. The quantitative estimate of drug-likeness (QED) is 0.839. The summed E-state index contributed by atoms with van der Waals surface area (Å²) < 4.78 is 0. The van der Waals surface area contributed by atoms with Crippen molar-refractivity contribution >= 4 is 34.1 Å². The predicted octanol–water partition coefficient (Wildman–Crippen LogP) is 2.40. The summed E-state index contributed by atoms with van der Waals surface area (Å²) >= 11 is 3.43. The first-order valence-electron chi connectivity index (χ1n) is 7.16. The highest BCUT2D eigenvalue weighted by Crippen LogP contribution is 2.24. The number of rotatable bonds is 7. The molecule has 1 N–H and O–H groups in total. The van der Waals surface area contributed by atoms with E-state index in [0.29, 0.717) is 6.54 Å². The standard InChI is InChI=1S/C14H23N3OS2/c1-11(9-19-2)13(18)15-6-5-12-10-20-14(16-12)17-7-3-4-8-17/h10-11H,3-9H2,1-2H3,(H,15,18). The number of carbonyl (C=O) groups excluding carboxylic acids is 1. The third-order valence-electron chi connectivity index (χ3n) is 3.46. The second kappa shape index (κ2) is 7.88. The van der Waals surface area contributed by atoms with Crippen LogP contribution in [-0.4, -0.2) is 42.5 Å². The van der Waals surface area contributed by atoms with Gasteiger partial charge in [0.25, 0.3) is 0 Å². The van der Waals surface area contributed by atoms with Crippen LogP contribution in [0.5, 0.6) is 0 Å². The molecule has 1 amide bonds. The average Bonchev–Trinajstić information content (AvgIpc) is 3.09. The number of nitrogens with zero attached hydrogens (tertiary/aromatic N) is 2. The number of thiazole rings is 1. The molecule has 0 bridgehead atoms. The Hall–Kier alpha value is -0.750. The molecule has 0 spiro atoms. The second-order valence-electron chi connectivity index (χ2n) is 5.21. The largest absolute Gasteiger partial charge is 0.355 e. The van der Waals surface area contributed by atoms with E-state index in [9.17, 15) is 4.79 Å². The summed E-state index contributed by atoms with van der Waals surface area (Å²) in [6.45, 7) is 4.92. The molecule has 2 heterocycles. The van der Waals surface area contributed by atoms with E-state index in [4.69, 9.17) is 0 Å². The third-order valence-corrected chi connectivity index (χ3v) is 5.24. The van der Waals surface area contributed by atoms with Gasteiger partial charge in [0.15, 0.2) is 5.13 Å². The molecule has 0 saturated carbocycles. The first-order valence-corrected chi connectivity index (χ1v) is 9.44. The van der Waals surface area contributed by atoms with E-state index >= 15 is 0 Å². The van der Waals surface area contributed by atoms with Gasteiger partial charge in [-0.2, -0.15) is 11.8 Å². The van der Waals surface area contributed by atoms with Crippen LogP contribution in [0, 0.1) is 5.92 Å². The summed E-state index contributed by atoms with van der Waals surface area (Å²) in [7, 11) is 0. The third kappa shape index (κ3) is 4.38. The van der Waals surface area contributed by atoms with E-state index in [1.165, 1.54) is 12.8 Å². The lowest BCUT2D eigenvalue weighted by Gasteiger charge is -2.12. The van der Waals surface area contributed by atoms with Crippen molar-refractivity contribution in [3.63, 3.8) is 0 Å². The fourth-order valence-corrected chi connectivity index (χ4v) is 3.84. The Morgan fingerprint density at radius 1 is 1.55 bits per heavy atom. The number of anilines is 1. The minimum Gasteiger partial charge on any atom is -0.355 e. The number of thioether (sulfide) groups is 1. The smallest absolute Gasteiger partial charge is 0.223 e. The van der Waals surface area contributed by atoms with Gasteiger partial charge >= 0.3 is 0 Å². The predicted molar refractivity (Wildman–Crippen MR) is 87.8 cm³/mol. The molecule has 1 saturated heterocycles. The molecule has 1 aromatic heterocycles. The summed E-state index contributed by atoms with van der Waals surface area (Å²) in [5.74, 6) is 1.11. The fourth-order valence-electron chi connectivity index (χ4n) is 2.28. The normalized spacial score (nSPS) is 16.4. The lowest BCUT2D eigenvalue weighted by atomic mass is 10.2. The molecule has 1 unspecified atom stereocenters. The maximum Gasteiger partial charge on any atom is 0.223 e. The van der Waals surface area contributed by atoms with Crippen LogP contribution in [0.2, 0.25) is 0 Å². The van der Waals surface area contributed by atoms with Gasteiger partial charge in [0.1, 0.15) is 0 Å². The summed E-state index contributed by atoms with van der Waals surface area (Å²) in [5.41, 5.74) is 1.09. The molecule has 6 heteroatoms. The Morgan fingerprint density at radius 3 is 3.00 bits per heavy atom. The summed E-state index contributed by atoms with van der Waals surface area (Å²) in [5, 5.41) is 6.25. The molecule has 1 aliphatic heterocycles. The van der Waals surface area contributed by atoms with E-state index < -0.39 is 0 Å². The summed E-state index contributed by atoms with van der Waals surface area (Å²) in [4.78, 5) is 18.8. The van der Waals surface area contributed by atoms with Crippen molar-refractivity contribution in [3.05, 3.63) is 11.1 Å². The maximum absolute atomic E-state index is 11.8. The van der Waals surface area contributed by atoms with Crippen LogP contribution in [0.3, 0.4) is 0 Å². The number of amides is 1. The van der Waals surface area contributed by atoms with Crippen LogP contribution in [0.25, 0.3) is 0 Å². The summed E-state index contributed by atoms with van der Waals surface area (Å²) in [6, 6.07) is 0. The summed E-state index contributed by atoms with van der Waals surface area (Å²) in [6.07, 6.45) is 5.40. The van der Waals surface area contributed by atoms with Gasteiger partial charge in [-0.3, -0.25) is 4.79 Å². The van der Waals surface area contributed by atoms with Gasteiger partial charge in [0.05, 0.1) is 5.69 Å². The Labute approximate surface area is 129 Å². The van der Waals surface area contributed by atoms with Crippen molar-refractivity contribution in [2.45, 2.75) is 26.2 Å². The lowest BCUT2D eigenvalue weighted by Crippen LogP contribution is -2.32. The van der Waals surface area contributed by atoms with Crippen LogP contribution < -0.4 is 10.2 Å². The first-order chi connectivity index (χ1) is 9.70. The SMILES string of the molecule is CSCC(C)C(=O)NCCc1csc(N2CCCC2)n1. The highest BCUT2D eigenvalue weighted by molar-refractivity contribution is 7.98. The molecule has 4 nitrogen and oxygen atoms in total. The molecule has 2 rings (SSSR count). The molecule has 0 aliphatic carbocycles. The van der Waals surface area contributed by atoms with E-state index in [1.54, 1.807) is 23.1 Å². The highest BCUT2D eigenvalue weighted by Gasteiger charge is 2.16. The van der Waals surface area contributed by atoms with Gasteiger partial charge in [-0.15, -0.1) is 11.3 Å². The van der Waals surface area contributed by atoms with Gasteiger partial charge < -0.3 is 10.2 Å². The van der Waals surface area contributed by atoms with Crippen molar-refractivity contribution in [1.29, 1.82) is 0 Å². The molecular formula is C14H23N3OS2. The van der Waals surface area contributed by atoms with Crippen LogP contribution in [0.1, 0.15) is 25.5 Å². The zero-order valence-corrected chi connectivity index (χ0v) is 13.9. The van der Waals surface area contributed by atoms with Gasteiger partial charge in [-0.1, -0.05) is 6.92 Å². The van der Waals surface area contributed by atoms with Crippen molar-refractivity contribution in [1.82, 2.24) is 10.3 Å². The van der Waals surface area contributed by atoms with Gasteiger partial charge in [-0.25, -0.2) is 4.98 Å². The Balaban J connectivity index is 1.73. The van der Waals surface area contributed by atoms with Gasteiger partial charge in [0, 0.05) is 43.1 Å². The Morgan fingerprint density at radius 2 is 2.30 bits per heavy atom. The molecule has 0 aromatic carbocycles. The molecule has 1 aromatic rings. The molecule has 20 heavy (non-hydrogen) atoms. The number of hydrogen-bond donors (Lipinski definition) is 1. The van der Waals surface area contributed by atoms with Crippen molar-refractivity contribution < 1.29 is 4.79 Å². The fraction of sp³-hybridized carbons (Fsp3) is 0.714. The zero-order chi connectivity index (χ0) is 14.4. The number of nitrogens with one attached hydrogen (secondary N) is 1. The van der Waals surface area contributed by atoms with Crippen molar-refractivity contribution in [3.8, 4) is 0 Å². The van der Waals surface area contributed by atoms with E-state index in [2.05, 4.69) is 20.6 Å². The van der Waals surface area contributed by atoms with Gasteiger partial charge in [-0.05, 0) is 19.1 Å². The van der Waals surface area contributed by atoms with Crippen LogP contribution in [-0.2, 0) is 11.2 Å². The number of hydrogen-bond acceptors (Lipinski definition) is 5. The number of aromatic nitrogens is 1. The van der Waals surface area contributed by atoms with Crippen LogP contribution >= 0.6 is 23.1 Å². The molecule has 0 radical (unpaired) electrons.